The number of nitrogens with one attached hydrogen (secondary N) is 1. The molecule has 3 N–H and O–H groups in total. The fourth-order valence-electron chi connectivity index (χ4n) is 4.72. The number of aromatic hydroxyl groups is 1. The quantitative estimate of drug-likeness (QED) is 0.511. The molecule has 2 aliphatic carbocycles. The SMILES string of the molecule is CN(Cc1ccccc1NC(=O)c1ccc2c(c1O)CCC2)C1CCCCC1.O=C(O)C(F)(F)F. The maximum absolute atomic E-state index is 12.9. The number of phenolic OH excluding ortho intramolecular Hbond substituents is 1. The smallest absolute Gasteiger partial charge is 0.490 e. The minimum atomic E-state index is -5.08. The van der Waals surface area contributed by atoms with E-state index in [1.165, 1.54) is 37.7 Å². The number of anilines is 1. The second-order valence-electron chi connectivity index (χ2n) is 9.07. The van der Waals surface area contributed by atoms with Crippen molar-refractivity contribution in [3.05, 3.63) is 58.7 Å². The van der Waals surface area contributed by atoms with Gasteiger partial charge in [-0.05, 0) is 68.0 Å². The fraction of sp³-hybridized carbons (Fsp3) is 0.462. The van der Waals surface area contributed by atoms with Crippen molar-refractivity contribution in [1.29, 1.82) is 0 Å². The number of hydrogen-bond acceptors (Lipinski definition) is 4. The lowest BCUT2D eigenvalue weighted by molar-refractivity contribution is -0.192. The number of aliphatic carboxylic acids is 1. The predicted molar refractivity (Wildman–Crippen MR) is 127 cm³/mol. The van der Waals surface area contributed by atoms with Gasteiger partial charge in [-0.2, -0.15) is 13.2 Å². The number of fused-ring (bicyclic) bond motifs is 1. The summed E-state index contributed by atoms with van der Waals surface area (Å²) in [6, 6.07) is 12.4. The van der Waals surface area contributed by atoms with Gasteiger partial charge in [0.05, 0.1) is 5.56 Å². The molecule has 0 atom stereocenters. The van der Waals surface area contributed by atoms with E-state index in [0.29, 0.717) is 11.6 Å². The molecule has 0 heterocycles. The van der Waals surface area contributed by atoms with Gasteiger partial charge in [0, 0.05) is 18.3 Å². The van der Waals surface area contributed by atoms with Crippen LogP contribution in [0.25, 0.3) is 0 Å². The van der Waals surface area contributed by atoms with Crippen LogP contribution in [-0.4, -0.2) is 46.3 Å². The second-order valence-corrected chi connectivity index (χ2v) is 9.07. The van der Waals surface area contributed by atoms with Crippen LogP contribution in [-0.2, 0) is 24.2 Å². The molecule has 1 fully saturated rings. The van der Waals surface area contributed by atoms with E-state index in [2.05, 4.69) is 23.3 Å². The number of aryl methyl sites for hydroxylation is 1. The molecular formula is C26H31F3N2O4. The van der Waals surface area contributed by atoms with Crippen molar-refractivity contribution in [1.82, 2.24) is 4.90 Å². The van der Waals surface area contributed by atoms with Crippen molar-refractivity contribution >= 4 is 17.6 Å². The van der Waals surface area contributed by atoms with Crippen molar-refractivity contribution in [3.63, 3.8) is 0 Å². The summed E-state index contributed by atoms with van der Waals surface area (Å²) < 4.78 is 31.7. The molecule has 190 valence electrons. The number of phenols is 1. The lowest BCUT2D eigenvalue weighted by Crippen LogP contribution is -2.33. The molecule has 0 radical (unpaired) electrons. The Morgan fingerprint density at radius 3 is 2.34 bits per heavy atom. The summed E-state index contributed by atoms with van der Waals surface area (Å²) >= 11 is 0. The van der Waals surface area contributed by atoms with Crippen LogP contribution in [0.1, 0.15) is 65.6 Å². The highest BCUT2D eigenvalue weighted by atomic mass is 19.4. The molecule has 0 unspecified atom stereocenters. The van der Waals surface area contributed by atoms with Crippen LogP contribution in [0.3, 0.4) is 0 Å². The van der Waals surface area contributed by atoms with E-state index < -0.39 is 12.1 Å². The molecule has 0 aromatic heterocycles. The van der Waals surface area contributed by atoms with Crippen LogP contribution >= 0.6 is 0 Å². The molecule has 2 aromatic rings. The molecule has 9 heteroatoms. The van der Waals surface area contributed by atoms with Gasteiger partial charge in [-0.25, -0.2) is 4.79 Å². The van der Waals surface area contributed by atoms with Gasteiger partial charge in [-0.1, -0.05) is 43.5 Å². The Balaban J connectivity index is 0.000000429. The minimum absolute atomic E-state index is 0.157. The number of carboxylic acids is 1. The summed E-state index contributed by atoms with van der Waals surface area (Å²) in [5.74, 6) is -2.84. The number of benzene rings is 2. The lowest BCUT2D eigenvalue weighted by atomic mass is 9.94. The Morgan fingerprint density at radius 1 is 1.03 bits per heavy atom. The first-order chi connectivity index (χ1) is 16.6. The molecule has 0 bridgehead atoms. The largest absolute Gasteiger partial charge is 0.507 e. The van der Waals surface area contributed by atoms with Crippen molar-refractivity contribution in [2.24, 2.45) is 0 Å². The van der Waals surface area contributed by atoms with E-state index in [1.807, 2.05) is 24.3 Å². The number of carboxylic acid groups (broad SMARTS) is 1. The molecule has 2 aliphatic rings. The molecule has 0 aliphatic heterocycles. The summed E-state index contributed by atoms with van der Waals surface area (Å²) in [6.07, 6.45) is 4.29. The van der Waals surface area contributed by atoms with Gasteiger partial charge in [0.25, 0.3) is 5.91 Å². The molecule has 4 rings (SSSR count). The lowest BCUT2D eigenvalue weighted by Gasteiger charge is -2.31. The number of halogens is 3. The van der Waals surface area contributed by atoms with Crippen molar-refractivity contribution in [2.75, 3.05) is 12.4 Å². The van der Waals surface area contributed by atoms with Crippen molar-refractivity contribution in [3.8, 4) is 5.75 Å². The zero-order valence-corrected chi connectivity index (χ0v) is 19.7. The van der Waals surface area contributed by atoms with Gasteiger partial charge in [-0.3, -0.25) is 9.69 Å². The Bertz CT molecular complexity index is 1050. The Kier molecular flexibility index (Phi) is 8.77. The van der Waals surface area contributed by atoms with Gasteiger partial charge in [0.1, 0.15) is 5.75 Å². The van der Waals surface area contributed by atoms with E-state index in [0.717, 1.165) is 42.6 Å². The first-order valence-electron chi connectivity index (χ1n) is 11.8. The first kappa shape index (κ1) is 26.5. The van der Waals surface area contributed by atoms with Gasteiger partial charge < -0.3 is 15.5 Å². The zero-order chi connectivity index (χ0) is 25.6. The van der Waals surface area contributed by atoms with Gasteiger partial charge in [0.15, 0.2) is 0 Å². The third kappa shape index (κ3) is 6.97. The highest BCUT2D eigenvalue weighted by Gasteiger charge is 2.38. The van der Waals surface area contributed by atoms with E-state index in [4.69, 9.17) is 9.90 Å². The van der Waals surface area contributed by atoms with Crippen LogP contribution in [0.5, 0.6) is 5.75 Å². The number of nitrogens with zero attached hydrogens (tertiary/aromatic N) is 1. The van der Waals surface area contributed by atoms with E-state index in [1.54, 1.807) is 6.07 Å². The average Bonchev–Trinajstić information content (AvgIpc) is 3.31. The molecule has 6 nitrogen and oxygen atoms in total. The van der Waals surface area contributed by atoms with Gasteiger partial charge >= 0.3 is 12.1 Å². The van der Waals surface area contributed by atoms with Crippen molar-refractivity contribution in [2.45, 2.75) is 70.1 Å². The topological polar surface area (TPSA) is 89.9 Å². The van der Waals surface area contributed by atoms with Gasteiger partial charge in [0.2, 0.25) is 0 Å². The van der Waals surface area contributed by atoms with E-state index >= 15 is 0 Å². The first-order valence-corrected chi connectivity index (χ1v) is 11.8. The van der Waals surface area contributed by atoms with Crippen LogP contribution in [0.4, 0.5) is 18.9 Å². The standard InChI is InChI=1S/C24H30N2O2.C2HF3O2/c1-26(19-10-3-2-4-11-19)16-18-8-5-6-13-22(18)25-24(28)21-15-14-17-9-7-12-20(17)23(21)27;3-2(4,5)1(6)7/h5-6,8,13-15,19,27H,2-4,7,9-12,16H2,1H3,(H,25,28);(H,6,7). The predicted octanol–water partition coefficient (Wildman–Crippen LogP) is 5.53. The monoisotopic (exact) mass is 492 g/mol. The number of para-hydroxylation sites is 1. The summed E-state index contributed by atoms with van der Waals surface area (Å²) in [7, 11) is 2.18. The molecule has 0 spiro atoms. The summed E-state index contributed by atoms with van der Waals surface area (Å²) in [6.45, 7) is 0.817. The zero-order valence-electron chi connectivity index (χ0n) is 19.7. The van der Waals surface area contributed by atoms with E-state index in [9.17, 15) is 23.1 Å². The third-order valence-electron chi connectivity index (χ3n) is 6.62. The number of amides is 1. The van der Waals surface area contributed by atoms with Crippen LogP contribution in [0, 0.1) is 0 Å². The number of alkyl halides is 3. The van der Waals surface area contributed by atoms with Crippen LogP contribution in [0.2, 0.25) is 0 Å². The summed E-state index contributed by atoms with van der Waals surface area (Å²) in [4.78, 5) is 24.2. The average molecular weight is 493 g/mol. The molecule has 35 heavy (non-hydrogen) atoms. The number of hydrogen-bond donors (Lipinski definition) is 3. The Hall–Kier alpha value is -3.07. The van der Waals surface area contributed by atoms with Crippen molar-refractivity contribution < 1.29 is 33.0 Å². The summed E-state index contributed by atoms with van der Waals surface area (Å²) in [5.41, 5.74) is 4.43. The third-order valence-corrected chi connectivity index (χ3v) is 6.62. The molecule has 1 amide bonds. The normalized spacial score (nSPS) is 15.8. The second kappa shape index (κ2) is 11.6. The number of carbonyl (C=O) groups is 2. The molecule has 1 saturated carbocycles. The maximum Gasteiger partial charge on any atom is 0.490 e. The van der Waals surface area contributed by atoms with Crippen LogP contribution in [0.15, 0.2) is 36.4 Å². The maximum atomic E-state index is 12.9. The molecule has 2 aromatic carbocycles. The van der Waals surface area contributed by atoms with Crippen LogP contribution < -0.4 is 5.32 Å². The number of carbonyl (C=O) groups excluding carboxylic acids is 1. The number of rotatable bonds is 5. The Morgan fingerprint density at radius 2 is 1.69 bits per heavy atom. The highest BCUT2D eigenvalue weighted by molar-refractivity contribution is 6.06. The molecule has 0 saturated heterocycles. The molecular weight excluding hydrogens is 461 g/mol. The van der Waals surface area contributed by atoms with E-state index in [-0.39, 0.29) is 11.7 Å². The fourth-order valence-corrected chi connectivity index (χ4v) is 4.72. The Labute approximate surface area is 202 Å². The van der Waals surface area contributed by atoms with Gasteiger partial charge in [-0.15, -0.1) is 0 Å². The highest BCUT2D eigenvalue weighted by Crippen LogP contribution is 2.33. The minimum Gasteiger partial charge on any atom is -0.507 e. The summed E-state index contributed by atoms with van der Waals surface area (Å²) in [5, 5.41) is 20.7.